The van der Waals surface area contributed by atoms with E-state index >= 15 is 0 Å². The molecule has 2 aliphatic carbocycles. The summed E-state index contributed by atoms with van der Waals surface area (Å²) in [6, 6.07) is 0. The van der Waals surface area contributed by atoms with Gasteiger partial charge in [-0.15, -0.1) is 0 Å². The number of hydrogen-bond donors (Lipinski definition) is 2. The Kier molecular flexibility index (Phi) is 1.92. The Bertz CT molecular complexity index is 165. The fourth-order valence-corrected chi connectivity index (χ4v) is 3.02. The lowest BCUT2D eigenvalue weighted by molar-refractivity contribution is -0.148. The lowest BCUT2D eigenvalue weighted by Crippen LogP contribution is -2.58. The number of hydrogen-bond acceptors (Lipinski definition) is 2. The summed E-state index contributed by atoms with van der Waals surface area (Å²) in [7, 11) is 0. The molecule has 0 amide bonds. The Hall–Kier alpha value is -0.0800. The minimum Gasteiger partial charge on any atom is -0.388 e. The Balaban J connectivity index is 2.16. The highest BCUT2D eigenvalue weighted by Crippen LogP contribution is 2.56. The fraction of sp³-hybridized carbons (Fsp3) is 1.00. The van der Waals surface area contributed by atoms with Gasteiger partial charge in [-0.25, -0.2) is 0 Å². The van der Waals surface area contributed by atoms with Gasteiger partial charge in [0, 0.05) is 12.0 Å². The highest BCUT2D eigenvalue weighted by atomic mass is 16.3. The van der Waals surface area contributed by atoms with E-state index in [-0.39, 0.29) is 5.41 Å². The second kappa shape index (κ2) is 2.71. The quantitative estimate of drug-likeness (QED) is 0.623. The molecule has 3 N–H and O–H groups in total. The minimum absolute atomic E-state index is 0.236. The average Bonchev–Trinajstić information content (AvgIpc) is 2.02. The Labute approximate surface area is 74.1 Å². The van der Waals surface area contributed by atoms with Crippen LogP contribution in [-0.4, -0.2) is 17.3 Å². The summed E-state index contributed by atoms with van der Waals surface area (Å²) in [6.45, 7) is 0.465. The molecule has 1 unspecified atom stereocenters. The van der Waals surface area contributed by atoms with Crippen LogP contribution in [0.1, 0.15) is 44.9 Å². The van der Waals surface area contributed by atoms with Gasteiger partial charge in [0.05, 0.1) is 5.60 Å². The van der Waals surface area contributed by atoms with Gasteiger partial charge in [-0.05, 0) is 25.7 Å². The third-order valence-electron chi connectivity index (χ3n) is 4.13. The van der Waals surface area contributed by atoms with Crippen LogP contribution in [0.4, 0.5) is 0 Å². The molecule has 2 saturated carbocycles. The van der Waals surface area contributed by atoms with Crippen molar-refractivity contribution >= 4 is 0 Å². The van der Waals surface area contributed by atoms with E-state index in [9.17, 15) is 5.11 Å². The molecular formula is C10H19NO. The van der Waals surface area contributed by atoms with Gasteiger partial charge in [0.15, 0.2) is 0 Å². The molecule has 2 fully saturated rings. The van der Waals surface area contributed by atoms with Crippen LogP contribution in [0.3, 0.4) is 0 Å². The van der Waals surface area contributed by atoms with Crippen LogP contribution in [0.15, 0.2) is 0 Å². The summed E-state index contributed by atoms with van der Waals surface area (Å²) in [6.07, 6.45) is 8.31. The van der Waals surface area contributed by atoms with E-state index in [0.717, 1.165) is 12.8 Å². The molecule has 0 heterocycles. The summed E-state index contributed by atoms with van der Waals surface area (Å²) in [5.41, 5.74) is 5.40. The van der Waals surface area contributed by atoms with Gasteiger partial charge in [0.1, 0.15) is 0 Å². The average molecular weight is 169 g/mol. The third-order valence-corrected chi connectivity index (χ3v) is 4.13. The smallest absolute Gasteiger partial charge is 0.0825 e. The van der Waals surface area contributed by atoms with Crippen LogP contribution in [0, 0.1) is 5.41 Å². The monoisotopic (exact) mass is 169 g/mol. The van der Waals surface area contributed by atoms with Gasteiger partial charge in [0.2, 0.25) is 0 Å². The fourth-order valence-electron chi connectivity index (χ4n) is 3.02. The van der Waals surface area contributed by atoms with Crippen molar-refractivity contribution < 1.29 is 5.11 Å². The topological polar surface area (TPSA) is 46.2 Å². The molecule has 0 aromatic rings. The molecule has 0 bridgehead atoms. The largest absolute Gasteiger partial charge is 0.388 e. The zero-order valence-electron chi connectivity index (χ0n) is 7.68. The van der Waals surface area contributed by atoms with Crippen molar-refractivity contribution in [2.24, 2.45) is 11.1 Å². The van der Waals surface area contributed by atoms with Gasteiger partial charge in [-0.1, -0.05) is 19.3 Å². The predicted octanol–water partition coefficient (Wildman–Crippen LogP) is 1.42. The normalized spacial score (nSPS) is 39.5. The summed E-state index contributed by atoms with van der Waals surface area (Å²) in [5.74, 6) is 0. The molecule has 0 aromatic heterocycles. The van der Waals surface area contributed by atoms with E-state index in [1.54, 1.807) is 0 Å². The van der Waals surface area contributed by atoms with Crippen molar-refractivity contribution in [3.63, 3.8) is 0 Å². The third kappa shape index (κ3) is 0.944. The summed E-state index contributed by atoms with van der Waals surface area (Å²) >= 11 is 0. The lowest BCUT2D eigenvalue weighted by atomic mass is 9.53. The van der Waals surface area contributed by atoms with Gasteiger partial charge in [-0.2, -0.15) is 0 Å². The summed E-state index contributed by atoms with van der Waals surface area (Å²) in [5, 5.41) is 10.3. The molecule has 0 aromatic carbocycles. The molecule has 2 aliphatic rings. The first-order valence-electron chi connectivity index (χ1n) is 5.15. The highest BCUT2D eigenvalue weighted by Gasteiger charge is 2.53. The Morgan fingerprint density at radius 1 is 1.00 bits per heavy atom. The molecule has 12 heavy (non-hydrogen) atoms. The van der Waals surface area contributed by atoms with Gasteiger partial charge in [-0.3, -0.25) is 0 Å². The maximum atomic E-state index is 10.3. The summed E-state index contributed by atoms with van der Waals surface area (Å²) in [4.78, 5) is 0. The lowest BCUT2D eigenvalue weighted by Gasteiger charge is -2.56. The van der Waals surface area contributed by atoms with Crippen LogP contribution >= 0.6 is 0 Å². The van der Waals surface area contributed by atoms with Crippen molar-refractivity contribution in [1.82, 2.24) is 0 Å². The summed E-state index contributed by atoms with van der Waals surface area (Å²) < 4.78 is 0. The maximum Gasteiger partial charge on any atom is 0.0825 e. The zero-order chi connectivity index (χ0) is 8.66. The van der Waals surface area contributed by atoms with Crippen molar-refractivity contribution in [3.05, 3.63) is 0 Å². The van der Waals surface area contributed by atoms with Crippen molar-refractivity contribution in [2.75, 3.05) is 6.54 Å². The molecule has 0 radical (unpaired) electrons. The van der Waals surface area contributed by atoms with E-state index < -0.39 is 5.60 Å². The van der Waals surface area contributed by atoms with Crippen molar-refractivity contribution in [2.45, 2.75) is 50.5 Å². The molecular weight excluding hydrogens is 150 g/mol. The minimum atomic E-state index is -0.510. The standard InChI is InChI=1S/C10H19NO/c11-8-10(12)7-2-1-4-9(10)5-3-6-9/h12H,1-8,11H2. The van der Waals surface area contributed by atoms with Crippen molar-refractivity contribution in [1.29, 1.82) is 0 Å². The molecule has 1 spiro atoms. The first-order chi connectivity index (χ1) is 5.72. The van der Waals surface area contributed by atoms with Gasteiger partial charge >= 0.3 is 0 Å². The second-order valence-electron chi connectivity index (χ2n) is 4.58. The molecule has 2 nitrogen and oxygen atoms in total. The van der Waals surface area contributed by atoms with E-state index in [2.05, 4.69) is 0 Å². The van der Waals surface area contributed by atoms with E-state index in [0.29, 0.717) is 6.54 Å². The van der Waals surface area contributed by atoms with E-state index in [1.807, 2.05) is 0 Å². The molecule has 2 rings (SSSR count). The molecule has 1 atom stereocenters. The second-order valence-corrected chi connectivity index (χ2v) is 4.58. The molecule has 70 valence electrons. The SMILES string of the molecule is NCC1(O)CCCCC12CCC2. The predicted molar refractivity (Wildman–Crippen MR) is 48.8 cm³/mol. The number of nitrogens with two attached hydrogens (primary N) is 1. The zero-order valence-corrected chi connectivity index (χ0v) is 7.68. The molecule has 0 aliphatic heterocycles. The van der Waals surface area contributed by atoms with Crippen LogP contribution in [-0.2, 0) is 0 Å². The van der Waals surface area contributed by atoms with Crippen LogP contribution in [0.25, 0.3) is 0 Å². The highest BCUT2D eigenvalue weighted by molar-refractivity contribution is 5.06. The van der Waals surface area contributed by atoms with Crippen LogP contribution in [0.2, 0.25) is 0 Å². The van der Waals surface area contributed by atoms with Crippen LogP contribution < -0.4 is 5.73 Å². The van der Waals surface area contributed by atoms with Gasteiger partial charge in [0.25, 0.3) is 0 Å². The Morgan fingerprint density at radius 2 is 1.58 bits per heavy atom. The molecule has 2 heteroatoms. The van der Waals surface area contributed by atoms with Crippen molar-refractivity contribution in [3.8, 4) is 0 Å². The molecule has 0 saturated heterocycles. The first-order valence-corrected chi connectivity index (χ1v) is 5.15. The first kappa shape index (κ1) is 8.52. The van der Waals surface area contributed by atoms with Gasteiger partial charge < -0.3 is 10.8 Å². The Morgan fingerprint density at radius 3 is 2.00 bits per heavy atom. The number of rotatable bonds is 1. The maximum absolute atomic E-state index is 10.3. The number of aliphatic hydroxyl groups is 1. The van der Waals surface area contributed by atoms with Crippen LogP contribution in [0.5, 0.6) is 0 Å². The van der Waals surface area contributed by atoms with E-state index in [1.165, 1.54) is 32.1 Å². The van der Waals surface area contributed by atoms with E-state index in [4.69, 9.17) is 5.73 Å².